The predicted molar refractivity (Wildman–Crippen MR) is 90.4 cm³/mol. The maximum Gasteiger partial charge on any atom is 0.133 e. The molecule has 2 rings (SSSR count). The van der Waals surface area contributed by atoms with E-state index >= 15 is 0 Å². The molecule has 2 aromatic rings. The first-order valence-electron chi connectivity index (χ1n) is 7.38. The normalized spacial score (nSPS) is 10.6. The first-order valence-corrected chi connectivity index (χ1v) is 7.75. The van der Waals surface area contributed by atoms with Gasteiger partial charge in [0.1, 0.15) is 5.82 Å². The molecule has 0 unspecified atom stereocenters. The fourth-order valence-corrected chi connectivity index (χ4v) is 2.41. The molecular formula is C17H22ClN3. The van der Waals surface area contributed by atoms with Gasteiger partial charge in [-0.2, -0.15) is 0 Å². The van der Waals surface area contributed by atoms with Gasteiger partial charge in [0.25, 0.3) is 0 Å². The maximum absolute atomic E-state index is 6.21. The van der Waals surface area contributed by atoms with Crippen LogP contribution in [0.5, 0.6) is 0 Å². The number of hydrogen-bond donors (Lipinski definition) is 1. The number of aromatic nitrogens is 1. The lowest BCUT2D eigenvalue weighted by Gasteiger charge is -2.24. The Bertz CT molecular complexity index is 557. The standard InChI is InChI=1S/C17H22ClN3/c1-3-4-10-21(15-8-6-5-7-9-15)17-11-14(12-19-2)16(18)13-20-17/h5-9,11,13,19H,3-4,10,12H2,1-2H3. The fourth-order valence-electron chi connectivity index (χ4n) is 2.24. The van der Waals surface area contributed by atoms with Crippen molar-refractivity contribution in [3.05, 3.63) is 53.2 Å². The molecule has 0 fully saturated rings. The molecule has 0 saturated carbocycles. The summed E-state index contributed by atoms with van der Waals surface area (Å²) in [6, 6.07) is 12.4. The number of nitrogens with zero attached hydrogens (tertiary/aromatic N) is 2. The fraction of sp³-hybridized carbons (Fsp3) is 0.353. The van der Waals surface area contributed by atoms with E-state index in [2.05, 4.69) is 52.5 Å². The third-order valence-corrected chi connectivity index (χ3v) is 3.71. The number of halogens is 1. The van der Waals surface area contributed by atoms with Crippen LogP contribution in [-0.2, 0) is 6.54 Å². The molecule has 1 N–H and O–H groups in total. The lowest BCUT2D eigenvalue weighted by atomic mass is 10.2. The van der Waals surface area contributed by atoms with Crippen molar-refractivity contribution in [1.82, 2.24) is 10.3 Å². The van der Waals surface area contributed by atoms with Crippen LogP contribution in [0.3, 0.4) is 0 Å². The summed E-state index contributed by atoms with van der Waals surface area (Å²) in [5.41, 5.74) is 2.23. The van der Waals surface area contributed by atoms with E-state index in [1.807, 2.05) is 13.1 Å². The van der Waals surface area contributed by atoms with Gasteiger partial charge in [0, 0.05) is 25.0 Å². The van der Waals surface area contributed by atoms with Gasteiger partial charge < -0.3 is 10.2 Å². The molecule has 0 aliphatic heterocycles. The molecule has 1 aromatic heterocycles. The smallest absolute Gasteiger partial charge is 0.133 e. The average molecular weight is 304 g/mol. The summed E-state index contributed by atoms with van der Waals surface area (Å²) >= 11 is 6.21. The van der Waals surface area contributed by atoms with E-state index in [1.54, 1.807) is 6.20 Å². The van der Waals surface area contributed by atoms with E-state index in [0.29, 0.717) is 5.02 Å². The Balaban J connectivity index is 2.34. The summed E-state index contributed by atoms with van der Waals surface area (Å²) in [6.07, 6.45) is 4.02. The molecule has 3 nitrogen and oxygen atoms in total. The van der Waals surface area contributed by atoms with E-state index in [4.69, 9.17) is 11.6 Å². The number of rotatable bonds is 7. The van der Waals surface area contributed by atoms with Crippen LogP contribution in [0, 0.1) is 0 Å². The van der Waals surface area contributed by atoms with Crippen LogP contribution in [0.25, 0.3) is 0 Å². The summed E-state index contributed by atoms with van der Waals surface area (Å²) in [5, 5.41) is 3.85. The Morgan fingerprint density at radius 3 is 2.67 bits per heavy atom. The summed E-state index contributed by atoms with van der Waals surface area (Å²) < 4.78 is 0. The van der Waals surface area contributed by atoms with E-state index in [1.165, 1.54) is 0 Å². The second-order valence-corrected chi connectivity index (χ2v) is 5.41. The maximum atomic E-state index is 6.21. The van der Waals surface area contributed by atoms with Crippen LogP contribution < -0.4 is 10.2 Å². The Labute approximate surface area is 132 Å². The zero-order valence-corrected chi connectivity index (χ0v) is 13.4. The highest BCUT2D eigenvalue weighted by Gasteiger charge is 2.12. The minimum atomic E-state index is 0.705. The SMILES string of the molecule is CCCCN(c1ccccc1)c1cc(CNC)c(Cl)cn1. The number of para-hydroxylation sites is 1. The summed E-state index contributed by atoms with van der Waals surface area (Å²) in [5.74, 6) is 0.948. The molecule has 0 atom stereocenters. The monoisotopic (exact) mass is 303 g/mol. The molecule has 1 aromatic carbocycles. The Morgan fingerprint density at radius 1 is 1.24 bits per heavy atom. The minimum Gasteiger partial charge on any atom is -0.326 e. The number of pyridine rings is 1. The van der Waals surface area contributed by atoms with Crippen molar-refractivity contribution in [3.63, 3.8) is 0 Å². The molecule has 0 radical (unpaired) electrons. The van der Waals surface area contributed by atoms with E-state index in [0.717, 1.165) is 43.0 Å². The molecule has 0 amide bonds. The highest BCUT2D eigenvalue weighted by atomic mass is 35.5. The first-order chi connectivity index (χ1) is 10.3. The molecule has 0 aliphatic carbocycles. The van der Waals surface area contributed by atoms with Gasteiger partial charge in [-0.25, -0.2) is 4.98 Å². The van der Waals surface area contributed by atoms with Crippen LogP contribution in [0.1, 0.15) is 25.3 Å². The predicted octanol–water partition coefficient (Wildman–Crippen LogP) is 4.39. The van der Waals surface area contributed by atoms with Crippen molar-refractivity contribution in [2.24, 2.45) is 0 Å². The van der Waals surface area contributed by atoms with Crippen molar-refractivity contribution in [3.8, 4) is 0 Å². The quantitative estimate of drug-likeness (QED) is 0.822. The third-order valence-electron chi connectivity index (χ3n) is 3.37. The van der Waals surface area contributed by atoms with Gasteiger partial charge in [-0.15, -0.1) is 0 Å². The molecule has 4 heteroatoms. The zero-order chi connectivity index (χ0) is 15.1. The average Bonchev–Trinajstić information content (AvgIpc) is 2.52. The molecule has 0 aliphatic rings. The van der Waals surface area contributed by atoms with Crippen molar-refractivity contribution in [2.45, 2.75) is 26.3 Å². The number of benzene rings is 1. The molecule has 1 heterocycles. The zero-order valence-electron chi connectivity index (χ0n) is 12.6. The number of anilines is 2. The highest BCUT2D eigenvalue weighted by molar-refractivity contribution is 6.31. The molecule has 0 bridgehead atoms. The van der Waals surface area contributed by atoms with Gasteiger partial charge in [-0.3, -0.25) is 0 Å². The van der Waals surface area contributed by atoms with Crippen LogP contribution in [0.2, 0.25) is 5.02 Å². The van der Waals surface area contributed by atoms with Crippen molar-refractivity contribution in [2.75, 3.05) is 18.5 Å². The van der Waals surface area contributed by atoms with Gasteiger partial charge in [0.05, 0.1) is 5.02 Å². The van der Waals surface area contributed by atoms with Gasteiger partial charge in [0.2, 0.25) is 0 Å². The summed E-state index contributed by atoms with van der Waals surface area (Å²) in [7, 11) is 1.92. The van der Waals surface area contributed by atoms with Crippen LogP contribution in [0.15, 0.2) is 42.6 Å². The largest absolute Gasteiger partial charge is 0.326 e. The van der Waals surface area contributed by atoms with Crippen molar-refractivity contribution < 1.29 is 0 Å². The van der Waals surface area contributed by atoms with E-state index in [9.17, 15) is 0 Å². The van der Waals surface area contributed by atoms with Crippen LogP contribution in [-0.4, -0.2) is 18.6 Å². The minimum absolute atomic E-state index is 0.705. The van der Waals surface area contributed by atoms with Gasteiger partial charge in [0.15, 0.2) is 0 Å². The second kappa shape index (κ2) is 8.01. The number of hydrogen-bond acceptors (Lipinski definition) is 3. The van der Waals surface area contributed by atoms with E-state index < -0.39 is 0 Å². The van der Waals surface area contributed by atoms with Crippen LogP contribution in [0.4, 0.5) is 11.5 Å². The van der Waals surface area contributed by atoms with Gasteiger partial charge >= 0.3 is 0 Å². The lowest BCUT2D eigenvalue weighted by Crippen LogP contribution is -2.20. The Hall–Kier alpha value is -1.58. The van der Waals surface area contributed by atoms with Gasteiger partial charge in [-0.05, 0) is 37.2 Å². The third kappa shape index (κ3) is 4.19. The topological polar surface area (TPSA) is 28.2 Å². The summed E-state index contributed by atoms with van der Waals surface area (Å²) in [6.45, 7) is 3.89. The second-order valence-electron chi connectivity index (χ2n) is 5.00. The van der Waals surface area contributed by atoms with Crippen molar-refractivity contribution in [1.29, 1.82) is 0 Å². The highest BCUT2D eigenvalue weighted by Crippen LogP contribution is 2.27. The number of unbranched alkanes of at least 4 members (excludes halogenated alkanes) is 1. The molecule has 0 spiro atoms. The first kappa shape index (κ1) is 15.8. The Morgan fingerprint density at radius 2 is 2.00 bits per heavy atom. The lowest BCUT2D eigenvalue weighted by molar-refractivity contribution is 0.775. The Kier molecular flexibility index (Phi) is 6.03. The molecule has 112 valence electrons. The van der Waals surface area contributed by atoms with Gasteiger partial charge in [-0.1, -0.05) is 43.1 Å². The molecule has 0 saturated heterocycles. The number of nitrogens with one attached hydrogen (secondary N) is 1. The molecular weight excluding hydrogens is 282 g/mol. The summed E-state index contributed by atoms with van der Waals surface area (Å²) in [4.78, 5) is 6.77. The van der Waals surface area contributed by atoms with E-state index in [-0.39, 0.29) is 0 Å². The van der Waals surface area contributed by atoms with Crippen molar-refractivity contribution >= 4 is 23.1 Å². The van der Waals surface area contributed by atoms with Crippen LogP contribution >= 0.6 is 11.6 Å². The molecule has 21 heavy (non-hydrogen) atoms.